The minimum Gasteiger partial charge on any atom is -0.327 e. The van der Waals surface area contributed by atoms with Gasteiger partial charge in [-0.3, -0.25) is 0 Å². The van der Waals surface area contributed by atoms with E-state index < -0.39 is 15.8 Å². The van der Waals surface area contributed by atoms with Gasteiger partial charge in [-0.25, -0.2) is 17.1 Å². The molecule has 1 aromatic rings. The maximum absolute atomic E-state index is 13.0. The monoisotopic (exact) mass is 306 g/mol. The van der Waals surface area contributed by atoms with Gasteiger partial charge in [0.1, 0.15) is 5.82 Å². The summed E-state index contributed by atoms with van der Waals surface area (Å²) in [7, 11) is -3.43. The van der Waals surface area contributed by atoms with E-state index in [4.69, 9.17) is 17.3 Å². The van der Waals surface area contributed by atoms with E-state index in [-0.39, 0.29) is 16.8 Å². The summed E-state index contributed by atoms with van der Waals surface area (Å²) < 4.78 is 38.9. The number of nitrogens with zero attached hydrogens (tertiary/aromatic N) is 1. The Morgan fingerprint density at radius 3 is 2.84 bits per heavy atom. The minimum absolute atomic E-state index is 0.0666. The Hall–Kier alpha value is -0.690. The molecule has 0 aromatic heterocycles. The highest BCUT2D eigenvalue weighted by molar-refractivity contribution is 7.88. The second-order valence-corrected chi connectivity index (χ2v) is 7.14. The summed E-state index contributed by atoms with van der Waals surface area (Å²) in [6.07, 6.45) is 1.61. The summed E-state index contributed by atoms with van der Waals surface area (Å²) in [6.45, 7) is 0.836. The molecule has 0 radical (unpaired) electrons. The third kappa shape index (κ3) is 3.66. The lowest BCUT2D eigenvalue weighted by Gasteiger charge is -2.29. The van der Waals surface area contributed by atoms with Gasteiger partial charge in [-0.05, 0) is 30.5 Å². The number of sulfonamides is 1. The number of hydrogen-bond donors (Lipinski definition) is 1. The molecule has 1 fully saturated rings. The summed E-state index contributed by atoms with van der Waals surface area (Å²) in [5.41, 5.74) is 6.26. The minimum atomic E-state index is -3.43. The number of benzene rings is 1. The topological polar surface area (TPSA) is 63.4 Å². The van der Waals surface area contributed by atoms with Gasteiger partial charge in [0.05, 0.1) is 10.8 Å². The molecule has 1 aliphatic rings. The molecule has 4 nitrogen and oxygen atoms in total. The number of nitrogens with two attached hydrogens (primary N) is 1. The summed E-state index contributed by atoms with van der Waals surface area (Å²) >= 11 is 5.65. The molecule has 7 heteroatoms. The van der Waals surface area contributed by atoms with Crippen molar-refractivity contribution < 1.29 is 12.8 Å². The molecule has 0 aliphatic carbocycles. The largest absolute Gasteiger partial charge is 0.327 e. The zero-order valence-corrected chi connectivity index (χ0v) is 11.9. The van der Waals surface area contributed by atoms with Crippen LogP contribution in [0.1, 0.15) is 18.4 Å². The Morgan fingerprint density at radius 1 is 1.47 bits per heavy atom. The highest BCUT2D eigenvalue weighted by Crippen LogP contribution is 2.20. The first-order chi connectivity index (χ1) is 8.88. The van der Waals surface area contributed by atoms with Gasteiger partial charge in [0.25, 0.3) is 0 Å². The van der Waals surface area contributed by atoms with Crippen LogP contribution < -0.4 is 5.73 Å². The summed E-state index contributed by atoms with van der Waals surface area (Å²) in [4.78, 5) is 0. The van der Waals surface area contributed by atoms with Crippen molar-refractivity contribution in [3.8, 4) is 0 Å². The van der Waals surface area contributed by atoms with Crippen molar-refractivity contribution in [2.45, 2.75) is 24.6 Å². The number of hydrogen-bond acceptors (Lipinski definition) is 3. The van der Waals surface area contributed by atoms with Gasteiger partial charge in [-0.15, -0.1) is 0 Å². The number of halogens is 2. The van der Waals surface area contributed by atoms with Crippen LogP contribution in [0.15, 0.2) is 18.2 Å². The van der Waals surface area contributed by atoms with Crippen molar-refractivity contribution in [3.05, 3.63) is 34.6 Å². The van der Waals surface area contributed by atoms with E-state index in [2.05, 4.69) is 0 Å². The molecule has 1 aliphatic heterocycles. The van der Waals surface area contributed by atoms with Crippen molar-refractivity contribution in [2.75, 3.05) is 13.1 Å². The molecule has 0 spiro atoms. The fraction of sp³-hybridized carbons (Fsp3) is 0.500. The second-order valence-electron chi connectivity index (χ2n) is 4.77. The van der Waals surface area contributed by atoms with Gasteiger partial charge in [0, 0.05) is 19.1 Å². The highest BCUT2D eigenvalue weighted by atomic mass is 35.5. The van der Waals surface area contributed by atoms with Crippen LogP contribution in [0.2, 0.25) is 5.02 Å². The van der Waals surface area contributed by atoms with Crippen molar-refractivity contribution in [1.82, 2.24) is 4.31 Å². The average Bonchev–Trinajstić information content (AvgIpc) is 2.33. The van der Waals surface area contributed by atoms with Crippen LogP contribution in [0.25, 0.3) is 0 Å². The van der Waals surface area contributed by atoms with Crippen LogP contribution in [0.5, 0.6) is 0 Å². The molecular weight excluding hydrogens is 291 g/mol. The summed E-state index contributed by atoms with van der Waals surface area (Å²) in [5, 5.41) is -0.0666. The van der Waals surface area contributed by atoms with E-state index in [1.807, 2.05) is 0 Å². The van der Waals surface area contributed by atoms with Crippen LogP contribution in [0.3, 0.4) is 0 Å². The zero-order valence-electron chi connectivity index (χ0n) is 10.4. The van der Waals surface area contributed by atoms with Gasteiger partial charge in [0.15, 0.2) is 0 Å². The summed E-state index contributed by atoms with van der Waals surface area (Å²) in [6, 6.07) is 3.84. The normalized spacial score (nSPS) is 21.5. The average molecular weight is 307 g/mol. The molecule has 1 heterocycles. The molecule has 2 N–H and O–H groups in total. The number of rotatable bonds is 3. The summed E-state index contributed by atoms with van der Waals surface area (Å²) in [5.74, 6) is -0.734. The van der Waals surface area contributed by atoms with Crippen LogP contribution in [-0.4, -0.2) is 31.9 Å². The van der Waals surface area contributed by atoms with E-state index in [0.29, 0.717) is 18.7 Å². The van der Waals surface area contributed by atoms with E-state index >= 15 is 0 Å². The van der Waals surface area contributed by atoms with Crippen molar-refractivity contribution in [2.24, 2.45) is 5.73 Å². The van der Waals surface area contributed by atoms with Crippen LogP contribution in [0.4, 0.5) is 4.39 Å². The molecule has 1 unspecified atom stereocenters. The smallest absolute Gasteiger partial charge is 0.218 e. The maximum atomic E-state index is 13.0. The standard InChI is InChI=1S/C12H16ClFN2O2S/c13-11-6-9(3-4-12(11)14)8-19(17,18)16-5-1-2-10(15)7-16/h3-4,6,10H,1-2,5,7-8,15H2. The third-order valence-corrected chi connectivity index (χ3v) is 5.25. The highest BCUT2D eigenvalue weighted by Gasteiger charge is 2.27. The van der Waals surface area contributed by atoms with Gasteiger partial charge >= 0.3 is 0 Å². The Labute approximate surface area is 117 Å². The molecule has 0 bridgehead atoms. The van der Waals surface area contributed by atoms with Crippen LogP contribution in [0, 0.1) is 5.82 Å². The van der Waals surface area contributed by atoms with E-state index in [0.717, 1.165) is 12.8 Å². The van der Waals surface area contributed by atoms with E-state index in [1.165, 1.54) is 22.5 Å². The van der Waals surface area contributed by atoms with Gasteiger partial charge in [-0.1, -0.05) is 17.7 Å². The number of piperidine rings is 1. The molecule has 106 valence electrons. The van der Waals surface area contributed by atoms with Gasteiger partial charge < -0.3 is 5.73 Å². The van der Waals surface area contributed by atoms with Crippen LogP contribution in [-0.2, 0) is 15.8 Å². The fourth-order valence-electron chi connectivity index (χ4n) is 2.16. The van der Waals surface area contributed by atoms with Gasteiger partial charge in [-0.2, -0.15) is 0 Å². The zero-order chi connectivity index (χ0) is 14.0. The Morgan fingerprint density at radius 2 is 2.21 bits per heavy atom. The lowest BCUT2D eigenvalue weighted by Crippen LogP contribution is -2.46. The first-order valence-corrected chi connectivity index (χ1v) is 8.04. The predicted molar refractivity (Wildman–Crippen MR) is 72.8 cm³/mol. The van der Waals surface area contributed by atoms with Crippen molar-refractivity contribution in [1.29, 1.82) is 0 Å². The van der Waals surface area contributed by atoms with E-state index in [1.54, 1.807) is 0 Å². The van der Waals surface area contributed by atoms with Gasteiger partial charge in [0.2, 0.25) is 10.0 Å². The Bertz CT molecular complexity index is 565. The first-order valence-electron chi connectivity index (χ1n) is 6.06. The lowest BCUT2D eigenvalue weighted by atomic mass is 10.1. The lowest BCUT2D eigenvalue weighted by molar-refractivity contribution is 0.316. The maximum Gasteiger partial charge on any atom is 0.218 e. The Kier molecular flexibility index (Phi) is 4.45. The fourth-order valence-corrected chi connectivity index (χ4v) is 3.97. The SMILES string of the molecule is NC1CCCN(S(=O)(=O)Cc2ccc(F)c(Cl)c2)C1. The third-order valence-electron chi connectivity index (χ3n) is 3.15. The second kappa shape index (κ2) is 5.75. The van der Waals surface area contributed by atoms with Crippen molar-refractivity contribution >= 4 is 21.6 Å². The quantitative estimate of drug-likeness (QED) is 0.925. The molecular formula is C12H16ClFN2O2S. The molecule has 1 aromatic carbocycles. The predicted octanol–water partition coefficient (Wildman–Crippen LogP) is 1.73. The molecule has 19 heavy (non-hydrogen) atoms. The molecule has 2 rings (SSSR count). The van der Waals surface area contributed by atoms with E-state index in [9.17, 15) is 12.8 Å². The van der Waals surface area contributed by atoms with Crippen molar-refractivity contribution in [3.63, 3.8) is 0 Å². The first kappa shape index (κ1) is 14.7. The molecule has 0 saturated carbocycles. The molecule has 1 saturated heterocycles. The molecule has 0 amide bonds. The van der Waals surface area contributed by atoms with Crippen LogP contribution >= 0.6 is 11.6 Å². The molecule has 1 atom stereocenters. The Balaban J connectivity index is 2.14.